The van der Waals surface area contributed by atoms with Gasteiger partial charge in [-0.2, -0.15) is 0 Å². The second-order valence-corrected chi connectivity index (χ2v) is 7.57. The number of imide groups is 1. The summed E-state index contributed by atoms with van der Waals surface area (Å²) >= 11 is 6.02. The minimum Gasteiger partial charge on any atom is -0.454 e. The predicted octanol–water partition coefficient (Wildman–Crippen LogP) is 4.46. The van der Waals surface area contributed by atoms with Gasteiger partial charge in [-0.15, -0.1) is 0 Å². The average molecular weight is 433 g/mol. The van der Waals surface area contributed by atoms with Crippen molar-refractivity contribution in [2.75, 3.05) is 12.1 Å². The van der Waals surface area contributed by atoms with Crippen LogP contribution in [0.2, 0.25) is 5.02 Å². The molecule has 3 aromatic rings. The van der Waals surface area contributed by atoms with Crippen LogP contribution in [-0.2, 0) is 16.1 Å². The molecule has 0 atom stereocenters. The van der Waals surface area contributed by atoms with Crippen LogP contribution in [0.1, 0.15) is 11.1 Å². The standard InChI is InChI=1S/C24H17ClN2O4/c25-17-8-6-16(7-9-17)21-22(26-18-10-11-19-20(12-18)31-14-30-19)24(29)27(23(21)28)13-15-4-2-1-3-5-15/h1-12,26H,13-14H2. The van der Waals surface area contributed by atoms with E-state index in [9.17, 15) is 9.59 Å². The Bertz CT molecular complexity index is 1210. The zero-order valence-electron chi connectivity index (χ0n) is 16.3. The van der Waals surface area contributed by atoms with Crippen molar-refractivity contribution in [3.05, 3.63) is 94.6 Å². The number of amides is 2. The molecule has 31 heavy (non-hydrogen) atoms. The van der Waals surface area contributed by atoms with Crippen LogP contribution in [0.5, 0.6) is 11.5 Å². The van der Waals surface area contributed by atoms with Crippen LogP contribution in [0.3, 0.4) is 0 Å². The van der Waals surface area contributed by atoms with E-state index in [0.29, 0.717) is 33.3 Å². The lowest BCUT2D eigenvalue weighted by atomic mass is 10.0. The predicted molar refractivity (Wildman–Crippen MR) is 117 cm³/mol. The van der Waals surface area contributed by atoms with E-state index >= 15 is 0 Å². The third-order valence-corrected chi connectivity index (χ3v) is 5.38. The first kappa shape index (κ1) is 19.2. The second kappa shape index (κ2) is 7.81. The van der Waals surface area contributed by atoms with E-state index in [1.807, 2.05) is 30.3 Å². The third kappa shape index (κ3) is 3.62. The molecule has 2 amide bonds. The number of carbonyl (C=O) groups excluding carboxylic acids is 2. The molecule has 0 radical (unpaired) electrons. The average Bonchev–Trinajstić information content (AvgIpc) is 3.34. The number of ether oxygens (including phenoxy) is 2. The normalized spacial score (nSPS) is 15.1. The minimum atomic E-state index is -0.392. The maximum absolute atomic E-state index is 13.3. The summed E-state index contributed by atoms with van der Waals surface area (Å²) in [6.07, 6.45) is 0. The molecule has 0 bridgehead atoms. The molecule has 1 N–H and O–H groups in total. The first-order chi connectivity index (χ1) is 15.1. The molecule has 0 aliphatic carbocycles. The largest absolute Gasteiger partial charge is 0.454 e. The number of halogens is 1. The van der Waals surface area contributed by atoms with Crippen LogP contribution >= 0.6 is 11.6 Å². The van der Waals surface area contributed by atoms with Crippen molar-refractivity contribution in [1.29, 1.82) is 0 Å². The van der Waals surface area contributed by atoms with Gasteiger partial charge in [0.25, 0.3) is 11.8 Å². The number of carbonyl (C=O) groups is 2. The molecule has 0 aromatic heterocycles. The fraction of sp³-hybridized carbons (Fsp3) is 0.0833. The quantitative estimate of drug-likeness (QED) is 0.603. The Hall–Kier alpha value is -3.77. The van der Waals surface area contributed by atoms with Crippen molar-refractivity contribution in [3.8, 4) is 11.5 Å². The molecule has 2 aliphatic rings. The zero-order valence-corrected chi connectivity index (χ0v) is 17.1. The van der Waals surface area contributed by atoms with E-state index < -0.39 is 5.91 Å². The first-order valence-electron chi connectivity index (χ1n) is 9.67. The van der Waals surface area contributed by atoms with Gasteiger partial charge in [0.1, 0.15) is 5.70 Å². The fourth-order valence-electron chi connectivity index (χ4n) is 3.60. The molecule has 0 saturated carbocycles. The third-order valence-electron chi connectivity index (χ3n) is 5.13. The van der Waals surface area contributed by atoms with Gasteiger partial charge >= 0.3 is 0 Å². The monoisotopic (exact) mass is 432 g/mol. The molecule has 7 heteroatoms. The van der Waals surface area contributed by atoms with Gasteiger partial charge in [-0.3, -0.25) is 14.5 Å². The summed E-state index contributed by atoms with van der Waals surface area (Å²) in [4.78, 5) is 27.9. The van der Waals surface area contributed by atoms with Gasteiger partial charge < -0.3 is 14.8 Å². The second-order valence-electron chi connectivity index (χ2n) is 7.13. The highest BCUT2D eigenvalue weighted by molar-refractivity contribution is 6.36. The summed E-state index contributed by atoms with van der Waals surface area (Å²) in [5, 5.41) is 3.68. The Morgan fingerprint density at radius 2 is 1.61 bits per heavy atom. The smallest absolute Gasteiger partial charge is 0.278 e. The summed E-state index contributed by atoms with van der Waals surface area (Å²) in [6, 6.07) is 21.5. The van der Waals surface area contributed by atoms with Gasteiger partial charge in [0.2, 0.25) is 6.79 Å². The van der Waals surface area contributed by atoms with E-state index in [0.717, 1.165) is 5.56 Å². The van der Waals surface area contributed by atoms with Crippen molar-refractivity contribution in [2.24, 2.45) is 0 Å². The number of nitrogens with one attached hydrogen (secondary N) is 1. The minimum absolute atomic E-state index is 0.153. The van der Waals surface area contributed by atoms with E-state index in [1.165, 1.54) is 4.90 Å². The molecule has 5 rings (SSSR count). The number of fused-ring (bicyclic) bond motifs is 1. The molecule has 154 valence electrons. The Labute approximate surface area is 183 Å². The number of anilines is 1. The highest BCUT2D eigenvalue weighted by atomic mass is 35.5. The summed E-state index contributed by atoms with van der Waals surface area (Å²) in [5.41, 5.74) is 2.61. The van der Waals surface area contributed by atoms with Gasteiger partial charge in [0, 0.05) is 16.8 Å². The lowest BCUT2D eigenvalue weighted by molar-refractivity contribution is -0.137. The Balaban J connectivity index is 1.53. The van der Waals surface area contributed by atoms with E-state index in [-0.39, 0.29) is 24.9 Å². The van der Waals surface area contributed by atoms with Crippen LogP contribution < -0.4 is 14.8 Å². The Kier molecular flexibility index (Phi) is 4.84. The molecule has 2 aliphatic heterocycles. The van der Waals surface area contributed by atoms with Gasteiger partial charge in [0.05, 0.1) is 12.1 Å². The number of rotatable bonds is 5. The van der Waals surface area contributed by atoms with Gasteiger partial charge in [0.15, 0.2) is 11.5 Å². The lowest BCUT2D eigenvalue weighted by Gasteiger charge is -2.15. The number of hydrogen-bond acceptors (Lipinski definition) is 5. The van der Waals surface area contributed by atoms with Crippen molar-refractivity contribution < 1.29 is 19.1 Å². The topological polar surface area (TPSA) is 67.9 Å². The number of benzene rings is 3. The van der Waals surface area contributed by atoms with Gasteiger partial charge in [-0.05, 0) is 35.4 Å². The van der Waals surface area contributed by atoms with Crippen molar-refractivity contribution in [3.63, 3.8) is 0 Å². The van der Waals surface area contributed by atoms with Gasteiger partial charge in [-0.1, -0.05) is 54.1 Å². The lowest BCUT2D eigenvalue weighted by Crippen LogP contribution is -2.31. The maximum atomic E-state index is 13.3. The van der Waals surface area contributed by atoms with Crippen LogP contribution in [0, 0.1) is 0 Å². The molecule has 0 spiro atoms. The molecule has 0 fully saturated rings. The highest BCUT2D eigenvalue weighted by Gasteiger charge is 2.39. The van der Waals surface area contributed by atoms with Crippen molar-refractivity contribution in [2.45, 2.75) is 6.54 Å². The highest BCUT2D eigenvalue weighted by Crippen LogP contribution is 2.37. The fourth-order valence-corrected chi connectivity index (χ4v) is 3.73. The molecule has 6 nitrogen and oxygen atoms in total. The molecule has 2 heterocycles. The van der Waals surface area contributed by atoms with Crippen LogP contribution in [-0.4, -0.2) is 23.5 Å². The molecule has 0 unspecified atom stereocenters. The number of nitrogens with zero attached hydrogens (tertiary/aromatic N) is 1. The maximum Gasteiger partial charge on any atom is 0.278 e. The number of hydrogen-bond donors (Lipinski definition) is 1. The van der Waals surface area contributed by atoms with E-state index in [1.54, 1.807) is 42.5 Å². The van der Waals surface area contributed by atoms with E-state index in [2.05, 4.69) is 5.32 Å². The molecular weight excluding hydrogens is 416 g/mol. The zero-order chi connectivity index (χ0) is 21.4. The summed E-state index contributed by atoms with van der Waals surface area (Å²) in [5.74, 6) is 0.462. The molecular formula is C24H17ClN2O4. The summed E-state index contributed by atoms with van der Waals surface area (Å²) in [6.45, 7) is 0.335. The van der Waals surface area contributed by atoms with Crippen LogP contribution in [0.4, 0.5) is 5.69 Å². The van der Waals surface area contributed by atoms with E-state index in [4.69, 9.17) is 21.1 Å². The Morgan fingerprint density at radius 3 is 2.39 bits per heavy atom. The van der Waals surface area contributed by atoms with Crippen molar-refractivity contribution in [1.82, 2.24) is 4.90 Å². The van der Waals surface area contributed by atoms with Crippen molar-refractivity contribution >= 4 is 34.7 Å². The van der Waals surface area contributed by atoms with Gasteiger partial charge in [-0.25, -0.2) is 0 Å². The summed E-state index contributed by atoms with van der Waals surface area (Å²) in [7, 11) is 0. The first-order valence-corrected chi connectivity index (χ1v) is 10.0. The van der Waals surface area contributed by atoms with Crippen LogP contribution in [0.25, 0.3) is 5.57 Å². The molecule has 3 aromatic carbocycles. The SMILES string of the molecule is O=C1C(Nc2ccc3c(c2)OCO3)=C(c2ccc(Cl)cc2)C(=O)N1Cc1ccccc1. The Morgan fingerprint density at radius 1 is 0.871 bits per heavy atom. The van der Waals surface area contributed by atoms with Crippen LogP contribution in [0.15, 0.2) is 78.5 Å². The summed E-state index contributed by atoms with van der Waals surface area (Å²) < 4.78 is 10.8. The molecule has 0 saturated heterocycles.